The first-order chi connectivity index (χ1) is 15.7. The minimum absolute atomic E-state index is 0.115. The molecule has 174 valence electrons. The maximum absolute atomic E-state index is 12.4. The van der Waals surface area contributed by atoms with Gasteiger partial charge in [0.2, 0.25) is 11.8 Å². The molecule has 33 heavy (non-hydrogen) atoms. The van der Waals surface area contributed by atoms with Crippen molar-refractivity contribution in [2.24, 2.45) is 5.73 Å². The van der Waals surface area contributed by atoms with Crippen LogP contribution in [-0.2, 0) is 19.4 Å². The van der Waals surface area contributed by atoms with Gasteiger partial charge in [-0.05, 0) is 24.3 Å². The zero-order valence-electron chi connectivity index (χ0n) is 17.8. The van der Waals surface area contributed by atoms with Crippen molar-refractivity contribution in [3.05, 3.63) is 59.6 Å². The quantitative estimate of drug-likeness (QED) is 0.388. The molecule has 0 saturated carbocycles. The van der Waals surface area contributed by atoms with Gasteiger partial charge in [0.05, 0.1) is 18.5 Å². The highest BCUT2D eigenvalue weighted by Crippen LogP contribution is 2.34. The molecule has 0 fully saturated rings. The van der Waals surface area contributed by atoms with Crippen LogP contribution in [0.5, 0.6) is 17.2 Å². The maximum atomic E-state index is 12.4. The smallest absolute Gasteiger partial charge is 0.235 e. The van der Waals surface area contributed by atoms with Crippen LogP contribution in [0, 0.1) is 0 Å². The summed E-state index contributed by atoms with van der Waals surface area (Å²) in [6, 6.07) is 13.8. The first-order valence-electron chi connectivity index (χ1n) is 9.57. The van der Waals surface area contributed by atoms with E-state index in [0.717, 1.165) is 17.6 Å². The Labute approximate surface area is 194 Å². The van der Waals surface area contributed by atoms with E-state index in [4.69, 9.17) is 15.2 Å². The second-order valence-corrected chi connectivity index (χ2v) is 9.87. The zero-order valence-corrected chi connectivity index (χ0v) is 19.4. The second kappa shape index (κ2) is 10.4. The van der Waals surface area contributed by atoms with Crippen LogP contribution in [0.25, 0.3) is 0 Å². The van der Waals surface area contributed by atoms with Crippen LogP contribution in [0.2, 0.25) is 0 Å². The van der Waals surface area contributed by atoms with Gasteiger partial charge in [0.1, 0.15) is 6.42 Å². The molecule has 1 heterocycles. The molecule has 2 aromatic carbocycles. The van der Waals surface area contributed by atoms with E-state index in [1.807, 2.05) is 0 Å². The number of nitrogens with one attached hydrogen (secondary N) is 2. The van der Waals surface area contributed by atoms with Crippen LogP contribution in [0.4, 0.5) is 10.8 Å². The lowest BCUT2D eigenvalue weighted by atomic mass is 10.2. The summed E-state index contributed by atoms with van der Waals surface area (Å²) in [5.41, 5.74) is 6.12. The number of amides is 2. The number of anilines is 2. The fourth-order valence-electron chi connectivity index (χ4n) is 2.68. The van der Waals surface area contributed by atoms with Crippen LogP contribution in [0.3, 0.4) is 0 Å². The van der Waals surface area contributed by atoms with Crippen molar-refractivity contribution in [2.45, 2.75) is 11.8 Å². The Morgan fingerprint density at radius 2 is 1.64 bits per heavy atom. The number of ether oxygens (including phenoxy) is 2. The standard InChI is InChI=1S/C21H22N4O6S2/c1-30-16-9-5-6-10-17(16)31-15-8-4-3-7-13(15)23-18(26)11-19(27)25-21-24-14(12-32-21)20(22)33(2,28)29/h3-10,12,20H,11,22H2,1-2H3,(H,23,26)(H,24,25,27). The van der Waals surface area contributed by atoms with E-state index >= 15 is 0 Å². The summed E-state index contributed by atoms with van der Waals surface area (Å²) in [6.45, 7) is 0. The van der Waals surface area contributed by atoms with Gasteiger partial charge in [0.15, 0.2) is 37.6 Å². The second-order valence-electron chi connectivity index (χ2n) is 6.85. The van der Waals surface area contributed by atoms with Gasteiger partial charge >= 0.3 is 0 Å². The number of methoxy groups -OCH3 is 1. The molecule has 0 spiro atoms. The number of sulfone groups is 1. The summed E-state index contributed by atoms with van der Waals surface area (Å²) in [7, 11) is -2.01. The molecule has 0 aliphatic rings. The molecular formula is C21H22N4O6S2. The summed E-state index contributed by atoms with van der Waals surface area (Å²) in [4.78, 5) is 28.7. The minimum Gasteiger partial charge on any atom is -0.493 e. The van der Waals surface area contributed by atoms with Crippen LogP contribution < -0.4 is 25.8 Å². The highest BCUT2D eigenvalue weighted by molar-refractivity contribution is 7.90. The van der Waals surface area contributed by atoms with E-state index < -0.39 is 33.4 Å². The third-order valence-corrected chi connectivity index (χ3v) is 6.23. The molecule has 4 N–H and O–H groups in total. The Morgan fingerprint density at radius 3 is 2.30 bits per heavy atom. The van der Waals surface area contributed by atoms with Crippen molar-refractivity contribution in [2.75, 3.05) is 24.0 Å². The summed E-state index contributed by atoms with van der Waals surface area (Å²) >= 11 is 1.01. The van der Waals surface area contributed by atoms with Gasteiger partial charge in [-0.15, -0.1) is 11.3 Å². The lowest BCUT2D eigenvalue weighted by Crippen LogP contribution is -2.22. The molecule has 1 unspecified atom stereocenters. The first-order valence-corrected chi connectivity index (χ1v) is 12.4. The highest BCUT2D eigenvalue weighted by Gasteiger charge is 2.21. The average molecular weight is 491 g/mol. The Kier molecular flexibility index (Phi) is 7.63. The number of carbonyl (C=O) groups excluding carboxylic acids is 2. The number of rotatable bonds is 9. The van der Waals surface area contributed by atoms with Gasteiger partial charge < -0.3 is 25.8 Å². The fourth-order valence-corrected chi connectivity index (χ4v) is 4.09. The third-order valence-electron chi connectivity index (χ3n) is 4.29. The summed E-state index contributed by atoms with van der Waals surface area (Å²) in [5, 5.41) is 5.40. The number of aromatic nitrogens is 1. The Morgan fingerprint density at radius 1 is 1.03 bits per heavy atom. The van der Waals surface area contributed by atoms with E-state index in [-0.39, 0.29) is 10.8 Å². The molecule has 1 atom stereocenters. The molecule has 3 rings (SSSR count). The van der Waals surface area contributed by atoms with E-state index in [1.54, 1.807) is 48.5 Å². The topological polar surface area (TPSA) is 150 Å². The van der Waals surface area contributed by atoms with Gasteiger partial charge in [0.25, 0.3) is 0 Å². The lowest BCUT2D eigenvalue weighted by molar-refractivity contribution is -0.123. The molecular weight excluding hydrogens is 468 g/mol. The highest BCUT2D eigenvalue weighted by atomic mass is 32.2. The van der Waals surface area contributed by atoms with Crippen LogP contribution in [0.1, 0.15) is 17.5 Å². The summed E-state index contributed by atoms with van der Waals surface area (Å²) < 4.78 is 34.2. The fraction of sp³-hybridized carbons (Fsp3) is 0.190. The number of benzene rings is 2. The molecule has 2 amide bonds. The van der Waals surface area contributed by atoms with E-state index in [0.29, 0.717) is 22.9 Å². The molecule has 0 radical (unpaired) electrons. The van der Waals surface area contributed by atoms with Crippen molar-refractivity contribution in [1.82, 2.24) is 4.98 Å². The summed E-state index contributed by atoms with van der Waals surface area (Å²) in [5.74, 6) is 0.162. The molecule has 0 bridgehead atoms. The number of hydrogen-bond donors (Lipinski definition) is 3. The minimum atomic E-state index is -3.53. The first kappa shape index (κ1) is 24.2. The molecule has 1 aromatic heterocycles. The zero-order chi connectivity index (χ0) is 24.0. The number of hydrogen-bond acceptors (Lipinski definition) is 9. The van der Waals surface area contributed by atoms with Crippen molar-refractivity contribution in [1.29, 1.82) is 0 Å². The predicted octanol–water partition coefficient (Wildman–Crippen LogP) is 2.91. The van der Waals surface area contributed by atoms with Crippen molar-refractivity contribution in [3.63, 3.8) is 0 Å². The third kappa shape index (κ3) is 6.51. The Hall–Kier alpha value is -3.48. The molecule has 3 aromatic rings. The average Bonchev–Trinajstić information content (AvgIpc) is 3.22. The van der Waals surface area contributed by atoms with E-state index in [2.05, 4.69) is 15.6 Å². The van der Waals surface area contributed by atoms with Crippen molar-refractivity contribution < 1.29 is 27.5 Å². The van der Waals surface area contributed by atoms with Crippen molar-refractivity contribution in [3.8, 4) is 17.2 Å². The van der Waals surface area contributed by atoms with E-state index in [9.17, 15) is 18.0 Å². The largest absolute Gasteiger partial charge is 0.493 e. The van der Waals surface area contributed by atoms with Gasteiger partial charge in [-0.25, -0.2) is 13.4 Å². The Bertz CT molecular complexity index is 1260. The molecule has 10 nitrogen and oxygen atoms in total. The monoisotopic (exact) mass is 490 g/mol. The van der Waals surface area contributed by atoms with Gasteiger partial charge in [0, 0.05) is 11.6 Å². The van der Waals surface area contributed by atoms with E-state index in [1.165, 1.54) is 12.5 Å². The van der Waals surface area contributed by atoms with Crippen LogP contribution in [0.15, 0.2) is 53.9 Å². The SMILES string of the molecule is COc1ccccc1Oc1ccccc1NC(=O)CC(=O)Nc1nc(C(N)S(C)(=O)=O)cs1. The molecule has 0 aliphatic carbocycles. The van der Waals surface area contributed by atoms with Gasteiger partial charge in [-0.2, -0.15) is 0 Å². The number of para-hydroxylation sites is 4. The molecule has 12 heteroatoms. The number of nitrogens with two attached hydrogens (primary N) is 1. The normalized spacial score (nSPS) is 12.0. The predicted molar refractivity (Wildman–Crippen MR) is 125 cm³/mol. The Balaban J connectivity index is 1.62. The van der Waals surface area contributed by atoms with Gasteiger partial charge in [-0.1, -0.05) is 24.3 Å². The number of carbonyl (C=O) groups is 2. The van der Waals surface area contributed by atoms with Crippen LogP contribution in [-0.4, -0.2) is 38.6 Å². The number of nitrogens with zero attached hydrogens (tertiary/aromatic N) is 1. The van der Waals surface area contributed by atoms with Crippen molar-refractivity contribution >= 4 is 43.8 Å². The maximum Gasteiger partial charge on any atom is 0.235 e. The summed E-state index contributed by atoms with van der Waals surface area (Å²) in [6.07, 6.45) is 0.505. The molecule has 0 aliphatic heterocycles. The van der Waals surface area contributed by atoms with Crippen LogP contribution >= 0.6 is 11.3 Å². The van der Waals surface area contributed by atoms with Gasteiger partial charge in [-0.3, -0.25) is 9.59 Å². The molecule has 0 saturated heterocycles. The lowest BCUT2D eigenvalue weighted by Gasteiger charge is -2.14. The number of thiazole rings is 1.